The number of pyridine rings is 1. The number of rotatable bonds is 3. The smallest absolute Gasteiger partial charge is 0.0703 e. The van der Waals surface area contributed by atoms with E-state index in [1.165, 1.54) is 65.3 Å². The molecule has 0 amide bonds. The molecule has 0 unspecified atom stereocenters. The maximum atomic E-state index is 4.90. The van der Waals surface area contributed by atoms with E-state index in [9.17, 15) is 0 Å². The number of aromatic nitrogens is 2. The second kappa shape index (κ2) is 9.40. The summed E-state index contributed by atoms with van der Waals surface area (Å²) in [7, 11) is 0. The third-order valence-electron chi connectivity index (χ3n) is 8.84. The summed E-state index contributed by atoms with van der Waals surface area (Å²) in [5.74, 6) is 0. The highest BCUT2D eigenvalue weighted by Crippen LogP contribution is 2.37. The molecule has 0 aliphatic rings. The van der Waals surface area contributed by atoms with Gasteiger partial charge in [0.1, 0.15) is 0 Å². The van der Waals surface area contributed by atoms with Gasteiger partial charge in [0.2, 0.25) is 0 Å². The van der Waals surface area contributed by atoms with Crippen molar-refractivity contribution < 1.29 is 0 Å². The van der Waals surface area contributed by atoms with E-state index in [2.05, 4.69) is 156 Å². The molecular formula is C41H26N2. The maximum Gasteiger partial charge on any atom is 0.0703 e. The molecule has 200 valence electrons. The largest absolute Gasteiger partial charge is 0.308 e. The Morgan fingerprint density at radius 3 is 1.37 bits per heavy atom. The number of para-hydroxylation sites is 2. The summed E-state index contributed by atoms with van der Waals surface area (Å²) in [4.78, 5) is 4.90. The highest BCUT2D eigenvalue weighted by atomic mass is 15.0. The molecule has 0 atom stereocenters. The van der Waals surface area contributed by atoms with Crippen LogP contribution in [0.3, 0.4) is 0 Å². The molecule has 0 aliphatic heterocycles. The van der Waals surface area contributed by atoms with Crippen LogP contribution in [0.2, 0.25) is 0 Å². The van der Waals surface area contributed by atoms with Crippen molar-refractivity contribution in [1.82, 2.24) is 9.55 Å². The summed E-state index contributed by atoms with van der Waals surface area (Å²) in [5, 5.41) is 10.3. The van der Waals surface area contributed by atoms with Gasteiger partial charge in [-0.3, -0.25) is 4.98 Å². The van der Waals surface area contributed by atoms with Gasteiger partial charge in [0, 0.05) is 16.3 Å². The lowest BCUT2D eigenvalue weighted by atomic mass is 9.92. The molecule has 2 heteroatoms. The Labute approximate surface area is 249 Å². The number of hydrogen-bond acceptors (Lipinski definition) is 1. The zero-order valence-electron chi connectivity index (χ0n) is 23.4. The number of nitrogens with zero attached hydrogens (tertiary/aromatic N) is 2. The molecule has 0 bridgehead atoms. The molecule has 0 saturated heterocycles. The molecule has 0 N–H and O–H groups in total. The molecule has 2 heterocycles. The Kier molecular flexibility index (Phi) is 5.23. The normalized spacial score (nSPS) is 11.7. The molecule has 7 aromatic carbocycles. The zero-order valence-corrected chi connectivity index (χ0v) is 23.4. The predicted octanol–water partition coefficient (Wildman–Crippen LogP) is 11.0. The monoisotopic (exact) mass is 546 g/mol. The third-order valence-corrected chi connectivity index (χ3v) is 8.84. The Morgan fingerprint density at radius 1 is 0.349 bits per heavy atom. The van der Waals surface area contributed by atoms with Crippen LogP contribution in [0.4, 0.5) is 0 Å². The van der Waals surface area contributed by atoms with Gasteiger partial charge in [0.05, 0.1) is 28.6 Å². The molecule has 0 aliphatic carbocycles. The molecule has 9 aromatic rings. The van der Waals surface area contributed by atoms with E-state index in [4.69, 9.17) is 4.98 Å². The summed E-state index contributed by atoms with van der Waals surface area (Å²) in [6.45, 7) is 0. The van der Waals surface area contributed by atoms with Crippen molar-refractivity contribution in [3.05, 3.63) is 158 Å². The highest BCUT2D eigenvalue weighted by Gasteiger charge is 2.13. The lowest BCUT2D eigenvalue weighted by Gasteiger charge is -2.12. The van der Waals surface area contributed by atoms with Crippen LogP contribution >= 0.6 is 0 Å². The Bertz CT molecular complexity index is 2390. The Balaban J connectivity index is 1.09. The predicted molar refractivity (Wildman–Crippen MR) is 182 cm³/mol. The molecule has 0 saturated carbocycles. The summed E-state index contributed by atoms with van der Waals surface area (Å²) < 4.78 is 2.30. The number of hydrogen-bond donors (Lipinski definition) is 0. The van der Waals surface area contributed by atoms with Crippen molar-refractivity contribution in [2.75, 3.05) is 0 Å². The lowest BCUT2D eigenvalue weighted by Crippen LogP contribution is -1.95. The van der Waals surface area contributed by atoms with E-state index in [0.717, 1.165) is 16.9 Å². The van der Waals surface area contributed by atoms with E-state index < -0.39 is 0 Å². The van der Waals surface area contributed by atoms with Crippen molar-refractivity contribution in [2.45, 2.75) is 0 Å². The van der Waals surface area contributed by atoms with E-state index >= 15 is 0 Å². The second-order valence-electron chi connectivity index (χ2n) is 11.2. The van der Waals surface area contributed by atoms with Gasteiger partial charge in [-0.05, 0) is 73.8 Å². The molecule has 43 heavy (non-hydrogen) atoms. The third kappa shape index (κ3) is 3.70. The van der Waals surface area contributed by atoms with E-state index in [1.807, 2.05) is 6.20 Å². The van der Waals surface area contributed by atoms with Crippen LogP contribution in [0.15, 0.2) is 158 Å². The number of benzene rings is 7. The standard InChI is InChI=1S/C41H26N2/c1-2-11-33-31(9-1)32-10-3-4-12-34(32)38-25-29(21-23-35(33)38)27-17-19-28(20-18-27)39-24-22-30(26-42-39)43-40-15-7-5-13-36(40)37-14-6-8-16-41(37)43/h1-26H. The summed E-state index contributed by atoms with van der Waals surface area (Å²) in [6.07, 6.45) is 1.99. The van der Waals surface area contributed by atoms with Gasteiger partial charge in [0.15, 0.2) is 0 Å². The fraction of sp³-hybridized carbons (Fsp3) is 0. The Hall–Kier alpha value is -5.73. The van der Waals surface area contributed by atoms with Gasteiger partial charge in [-0.25, -0.2) is 0 Å². The summed E-state index contributed by atoms with van der Waals surface area (Å²) in [6, 6.07) is 54.6. The molecule has 2 aromatic heterocycles. The van der Waals surface area contributed by atoms with Crippen LogP contribution in [-0.4, -0.2) is 9.55 Å². The zero-order chi connectivity index (χ0) is 28.3. The van der Waals surface area contributed by atoms with Gasteiger partial charge in [-0.1, -0.05) is 121 Å². The van der Waals surface area contributed by atoms with Crippen molar-refractivity contribution in [1.29, 1.82) is 0 Å². The van der Waals surface area contributed by atoms with Crippen LogP contribution < -0.4 is 0 Å². The van der Waals surface area contributed by atoms with Crippen molar-refractivity contribution in [3.63, 3.8) is 0 Å². The minimum atomic E-state index is 0.965. The van der Waals surface area contributed by atoms with E-state index in [0.29, 0.717) is 0 Å². The minimum Gasteiger partial charge on any atom is -0.308 e. The minimum absolute atomic E-state index is 0.965. The van der Waals surface area contributed by atoms with Gasteiger partial charge < -0.3 is 4.57 Å². The highest BCUT2D eigenvalue weighted by molar-refractivity contribution is 6.25. The first-order chi connectivity index (χ1) is 21.3. The van der Waals surface area contributed by atoms with E-state index in [-0.39, 0.29) is 0 Å². The van der Waals surface area contributed by atoms with Gasteiger partial charge in [-0.2, -0.15) is 0 Å². The fourth-order valence-electron chi connectivity index (χ4n) is 6.81. The van der Waals surface area contributed by atoms with E-state index in [1.54, 1.807) is 0 Å². The van der Waals surface area contributed by atoms with Crippen molar-refractivity contribution in [2.24, 2.45) is 0 Å². The first-order valence-corrected chi connectivity index (χ1v) is 14.7. The average molecular weight is 547 g/mol. The van der Waals surface area contributed by atoms with Crippen molar-refractivity contribution in [3.8, 4) is 28.1 Å². The first-order valence-electron chi connectivity index (χ1n) is 14.7. The van der Waals surface area contributed by atoms with Crippen LogP contribution in [0, 0.1) is 0 Å². The van der Waals surface area contributed by atoms with Gasteiger partial charge in [-0.15, -0.1) is 0 Å². The molecular weight excluding hydrogens is 520 g/mol. The topological polar surface area (TPSA) is 17.8 Å². The van der Waals surface area contributed by atoms with Crippen molar-refractivity contribution >= 4 is 54.1 Å². The molecule has 0 fully saturated rings. The van der Waals surface area contributed by atoms with Crippen LogP contribution in [0.1, 0.15) is 0 Å². The fourth-order valence-corrected chi connectivity index (χ4v) is 6.81. The van der Waals surface area contributed by atoms with Gasteiger partial charge in [0.25, 0.3) is 0 Å². The van der Waals surface area contributed by atoms with Crippen LogP contribution in [0.5, 0.6) is 0 Å². The number of fused-ring (bicyclic) bond motifs is 9. The molecule has 0 spiro atoms. The van der Waals surface area contributed by atoms with Gasteiger partial charge >= 0.3 is 0 Å². The average Bonchev–Trinajstić information content (AvgIpc) is 3.43. The molecule has 0 radical (unpaired) electrons. The molecule has 9 rings (SSSR count). The molecule has 2 nitrogen and oxygen atoms in total. The quantitative estimate of drug-likeness (QED) is 0.202. The SMILES string of the molecule is c1ccc2c(c1)c1ccccc1c1cc(-c3ccc(-c4ccc(-n5c6ccccc6c6ccccc65)cn4)cc3)ccc21. The van der Waals surface area contributed by atoms with Crippen LogP contribution in [-0.2, 0) is 0 Å². The first kappa shape index (κ1) is 23.9. The second-order valence-corrected chi connectivity index (χ2v) is 11.2. The maximum absolute atomic E-state index is 4.90. The van der Waals surface area contributed by atoms with Crippen LogP contribution in [0.25, 0.3) is 82.2 Å². The Morgan fingerprint density at radius 2 is 0.814 bits per heavy atom. The lowest BCUT2D eigenvalue weighted by molar-refractivity contribution is 1.14. The summed E-state index contributed by atoms with van der Waals surface area (Å²) in [5.41, 5.74) is 7.94. The summed E-state index contributed by atoms with van der Waals surface area (Å²) >= 11 is 0.